The number of aromatic amines is 1. The van der Waals surface area contributed by atoms with Crippen molar-refractivity contribution >= 4 is 17.5 Å². The van der Waals surface area contributed by atoms with E-state index in [1.54, 1.807) is 21.8 Å². The molecule has 0 radical (unpaired) electrons. The lowest BCUT2D eigenvalue weighted by Crippen LogP contribution is -2.40. The first-order chi connectivity index (χ1) is 11.6. The van der Waals surface area contributed by atoms with Gasteiger partial charge in [-0.3, -0.25) is 9.48 Å². The second kappa shape index (κ2) is 7.17. The molecule has 0 saturated carbocycles. The van der Waals surface area contributed by atoms with Crippen LogP contribution in [0.1, 0.15) is 48.3 Å². The van der Waals surface area contributed by atoms with Gasteiger partial charge in [0.1, 0.15) is 0 Å². The maximum atomic E-state index is 12.8. The molecule has 1 aliphatic heterocycles. The van der Waals surface area contributed by atoms with Crippen molar-refractivity contribution in [3.05, 3.63) is 45.4 Å². The van der Waals surface area contributed by atoms with E-state index in [1.165, 1.54) is 6.20 Å². The highest BCUT2D eigenvalue weighted by molar-refractivity contribution is 6.33. The second-order valence-electron chi connectivity index (χ2n) is 6.01. The van der Waals surface area contributed by atoms with Crippen molar-refractivity contribution in [3.63, 3.8) is 0 Å². The van der Waals surface area contributed by atoms with E-state index in [1.807, 2.05) is 6.92 Å². The number of nitrogens with one attached hydrogen (secondary N) is 1. The lowest BCUT2D eigenvalue weighted by molar-refractivity contribution is 0.0699. The van der Waals surface area contributed by atoms with E-state index >= 15 is 0 Å². The molecule has 1 saturated heterocycles. The Hall–Kier alpha value is -2.15. The number of likely N-dealkylation sites (tertiary alicyclic amines) is 1. The number of hydrogen-bond acceptors (Lipinski definition) is 4. The van der Waals surface area contributed by atoms with Gasteiger partial charge in [-0.05, 0) is 25.3 Å². The average Bonchev–Trinajstić information content (AvgIpc) is 2.95. The molecule has 7 nitrogen and oxygen atoms in total. The first-order valence-electron chi connectivity index (χ1n) is 8.16. The van der Waals surface area contributed by atoms with Gasteiger partial charge >= 0.3 is 5.69 Å². The quantitative estimate of drug-likeness (QED) is 0.915. The van der Waals surface area contributed by atoms with Crippen LogP contribution in [-0.4, -0.2) is 43.6 Å². The number of piperidine rings is 1. The van der Waals surface area contributed by atoms with Crippen molar-refractivity contribution in [2.45, 2.75) is 38.6 Å². The van der Waals surface area contributed by atoms with E-state index in [-0.39, 0.29) is 17.5 Å². The zero-order chi connectivity index (χ0) is 17.1. The molecular weight excluding hydrogens is 330 g/mol. The van der Waals surface area contributed by atoms with Gasteiger partial charge in [-0.1, -0.05) is 18.5 Å². The van der Waals surface area contributed by atoms with Gasteiger partial charge in [0.25, 0.3) is 5.91 Å². The second-order valence-corrected chi connectivity index (χ2v) is 6.42. The van der Waals surface area contributed by atoms with Crippen LogP contribution in [-0.2, 0) is 6.54 Å². The number of nitrogens with zero attached hydrogens (tertiary/aromatic N) is 4. The average molecular weight is 350 g/mol. The SMILES string of the molecule is CCCn1cc(Cl)c(C(=O)N2CCC[C@@H](c3ccnc(=O)[nH]3)C2)n1. The fourth-order valence-corrected chi connectivity index (χ4v) is 3.30. The first-order valence-corrected chi connectivity index (χ1v) is 8.53. The lowest BCUT2D eigenvalue weighted by atomic mass is 9.94. The molecule has 24 heavy (non-hydrogen) atoms. The molecule has 0 spiro atoms. The Morgan fingerprint density at radius 2 is 2.33 bits per heavy atom. The van der Waals surface area contributed by atoms with Gasteiger partial charge < -0.3 is 9.88 Å². The van der Waals surface area contributed by atoms with E-state index in [9.17, 15) is 9.59 Å². The van der Waals surface area contributed by atoms with Crippen LogP contribution in [0.5, 0.6) is 0 Å². The summed E-state index contributed by atoms with van der Waals surface area (Å²) in [6.07, 6.45) is 5.90. The lowest BCUT2D eigenvalue weighted by Gasteiger charge is -2.32. The summed E-state index contributed by atoms with van der Waals surface area (Å²) in [7, 11) is 0. The van der Waals surface area contributed by atoms with Gasteiger partial charge in [0, 0.05) is 43.6 Å². The van der Waals surface area contributed by atoms with Crippen molar-refractivity contribution < 1.29 is 4.79 Å². The van der Waals surface area contributed by atoms with Crippen LogP contribution in [0.2, 0.25) is 5.02 Å². The van der Waals surface area contributed by atoms with Crippen molar-refractivity contribution in [1.29, 1.82) is 0 Å². The molecule has 1 amide bonds. The summed E-state index contributed by atoms with van der Waals surface area (Å²) in [5.74, 6) is -0.0640. The van der Waals surface area contributed by atoms with Crippen molar-refractivity contribution in [3.8, 4) is 0 Å². The zero-order valence-electron chi connectivity index (χ0n) is 13.5. The number of carbonyl (C=O) groups is 1. The Balaban J connectivity index is 1.77. The number of halogens is 1. The number of aryl methyl sites for hydroxylation is 1. The predicted molar refractivity (Wildman–Crippen MR) is 90.3 cm³/mol. The van der Waals surface area contributed by atoms with E-state index in [0.29, 0.717) is 23.8 Å². The van der Waals surface area contributed by atoms with Gasteiger partial charge in [0.2, 0.25) is 0 Å². The zero-order valence-corrected chi connectivity index (χ0v) is 14.3. The minimum Gasteiger partial charge on any atom is -0.337 e. The topological polar surface area (TPSA) is 83.9 Å². The van der Waals surface area contributed by atoms with E-state index in [0.717, 1.165) is 31.5 Å². The third-order valence-corrected chi connectivity index (χ3v) is 4.49. The van der Waals surface area contributed by atoms with Crippen molar-refractivity contribution in [2.24, 2.45) is 0 Å². The van der Waals surface area contributed by atoms with E-state index < -0.39 is 0 Å². The molecule has 1 atom stereocenters. The number of aromatic nitrogens is 4. The van der Waals surface area contributed by atoms with Gasteiger partial charge in [-0.2, -0.15) is 5.10 Å². The molecule has 1 fully saturated rings. The number of amides is 1. The van der Waals surface area contributed by atoms with E-state index in [4.69, 9.17) is 11.6 Å². The summed E-state index contributed by atoms with van der Waals surface area (Å²) >= 11 is 6.18. The van der Waals surface area contributed by atoms with Crippen LogP contribution in [0.3, 0.4) is 0 Å². The molecule has 3 heterocycles. The summed E-state index contributed by atoms with van der Waals surface area (Å²) in [4.78, 5) is 32.3. The van der Waals surface area contributed by atoms with Gasteiger partial charge in [0.15, 0.2) is 5.69 Å². The maximum Gasteiger partial charge on any atom is 0.345 e. The largest absolute Gasteiger partial charge is 0.345 e. The molecule has 128 valence electrons. The predicted octanol–water partition coefficient (Wildman–Crippen LogP) is 2.05. The molecule has 8 heteroatoms. The standard InChI is InChI=1S/C16H20ClN5O2/c1-2-7-22-10-12(17)14(20-22)15(23)21-8-3-4-11(9-21)13-5-6-18-16(24)19-13/h5-6,10-11H,2-4,7-9H2,1H3,(H,18,19,24)/t11-/m1/s1. The van der Waals surface area contributed by atoms with Crippen LogP contribution in [0.25, 0.3) is 0 Å². The molecule has 3 rings (SSSR count). The Morgan fingerprint density at radius 3 is 3.08 bits per heavy atom. The van der Waals surface area contributed by atoms with Gasteiger partial charge in [0.05, 0.1) is 5.02 Å². The maximum absolute atomic E-state index is 12.8. The summed E-state index contributed by atoms with van der Waals surface area (Å²) in [5, 5.41) is 4.69. The van der Waals surface area contributed by atoms with Crippen LogP contribution in [0.15, 0.2) is 23.3 Å². The van der Waals surface area contributed by atoms with Gasteiger partial charge in [-0.15, -0.1) is 0 Å². The molecule has 0 bridgehead atoms. The van der Waals surface area contributed by atoms with Crippen LogP contribution in [0.4, 0.5) is 0 Å². The fourth-order valence-electron chi connectivity index (χ4n) is 3.07. The summed E-state index contributed by atoms with van der Waals surface area (Å²) in [6, 6.07) is 1.79. The molecule has 2 aromatic heterocycles. The number of rotatable bonds is 4. The van der Waals surface area contributed by atoms with Gasteiger partial charge in [-0.25, -0.2) is 9.78 Å². The van der Waals surface area contributed by atoms with Crippen molar-refractivity contribution in [2.75, 3.05) is 13.1 Å². The Bertz CT molecular complexity index is 785. The molecule has 1 aliphatic rings. The summed E-state index contributed by atoms with van der Waals surface area (Å²) in [5.41, 5.74) is 0.751. The molecule has 2 aromatic rings. The molecule has 0 aliphatic carbocycles. The highest BCUT2D eigenvalue weighted by atomic mass is 35.5. The number of hydrogen-bond donors (Lipinski definition) is 1. The smallest absolute Gasteiger partial charge is 0.337 e. The van der Waals surface area contributed by atoms with E-state index in [2.05, 4.69) is 15.1 Å². The summed E-state index contributed by atoms with van der Waals surface area (Å²) < 4.78 is 1.71. The number of H-pyrrole nitrogens is 1. The number of carbonyl (C=O) groups excluding carboxylic acids is 1. The van der Waals surface area contributed by atoms with Crippen molar-refractivity contribution in [1.82, 2.24) is 24.6 Å². The highest BCUT2D eigenvalue weighted by Crippen LogP contribution is 2.26. The molecule has 1 N–H and O–H groups in total. The molecule has 0 aromatic carbocycles. The Morgan fingerprint density at radius 1 is 1.50 bits per heavy atom. The third-order valence-electron chi connectivity index (χ3n) is 4.22. The first kappa shape index (κ1) is 16.7. The third kappa shape index (κ3) is 3.51. The normalized spacial score (nSPS) is 17.9. The molecule has 0 unspecified atom stereocenters. The monoisotopic (exact) mass is 349 g/mol. The van der Waals surface area contributed by atoms with Crippen LogP contribution < -0.4 is 5.69 Å². The summed E-state index contributed by atoms with van der Waals surface area (Å²) in [6.45, 7) is 3.98. The minimum atomic E-state index is -0.364. The van der Waals surface area contributed by atoms with Crippen LogP contribution >= 0.6 is 11.6 Å². The molecular formula is C16H20ClN5O2. The minimum absolute atomic E-state index is 0.0925. The Labute approximate surface area is 144 Å². The highest BCUT2D eigenvalue weighted by Gasteiger charge is 2.28. The fraction of sp³-hybridized carbons (Fsp3) is 0.500. The van der Waals surface area contributed by atoms with Crippen LogP contribution in [0, 0.1) is 0 Å². The Kier molecular flexibility index (Phi) is 4.99.